The Morgan fingerprint density at radius 3 is 2.27 bits per heavy atom. The number of nitrogens with two attached hydrogens (primary N) is 1. The molecule has 0 radical (unpaired) electrons. The maximum atomic E-state index is 6.96. The Labute approximate surface area is 241 Å². The largest absolute Gasteiger partial charge is 0.457 e. The maximum absolute atomic E-state index is 6.96. The standard InChI is InChI=1S/C34H46N2O3Si/c1-7-20-37-32-23-30(29-22-27(18-19-28(29)32)38-26-16-12-9-13-17-26)36-31(21-25-14-10-8-11-15-25)33(24-35)39-40(5,6)34(2,3)4/h7-19,22,30-33,36H,1,20-21,23-24,35H2,2-6H3/t30?,31-,32?,33+/m0/s1. The summed E-state index contributed by atoms with van der Waals surface area (Å²) in [5.41, 5.74) is 10.1. The van der Waals surface area contributed by atoms with Crippen molar-refractivity contribution >= 4 is 8.32 Å². The van der Waals surface area contributed by atoms with E-state index in [0.29, 0.717) is 13.2 Å². The second-order valence-electron chi connectivity index (χ2n) is 12.2. The molecule has 0 saturated carbocycles. The van der Waals surface area contributed by atoms with Gasteiger partial charge < -0.3 is 25.0 Å². The minimum Gasteiger partial charge on any atom is -0.457 e. The molecular weight excluding hydrogens is 512 g/mol. The fourth-order valence-electron chi connectivity index (χ4n) is 5.08. The van der Waals surface area contributed by atoms with Crippen LogP contribution in [0, 0.1) is 0 Å². The molecule has 214 valence electrons. The molecule has 0 bridgehead atoms. The Morgan fingerprint density at radius 2 is 1.65 bits per heavy atom. The molecule has 0 amide bonds. The van der Waals surface area contributed by atoms with E-state index in [0.717, 1.165) is 24.3 Å². The summed E-state index contributed by atoms with van der Waals surface area (Å²) in [5, 5.41) is 4.09. The summed E-state index contributed by atoms with van der Waals surface area (Å²) in [6, 6.07) is 26.9. The number of benzene rings is 3. The van der Waals surface area contributed by atoms with E-state index in [2.05, 4.69) is 88.2 Å². The van der Waals surface area contributed by atoms with Crippen LogP contribution in [0.2, 0.25) is 18.1 Å². The van der Waals surface area contributed by atoms with E-state index in [-0.39, 0.29) is 29.3 Å². The average Bonchev–Trinajstić information content (AvgIpc) is 3.27. The number of para-hydroxylation sites is 1. The molecule has 3 aromatic rings. The molecule has 0 saturated heterocycles. The lowest BCUT2D eigenvalue weighted by atomic mass is 9.98. The molecule has 6 heteroatoms. The Bertz CT molecular complexity index is 1230. The van der Waals surface area contributed by atoms with Gasteiger partial charge in [0.15, 0.2) is 8.32 Å². The fourth-order valence-corrected chi connectivity index (χ4v) is 6.45. The van der Waals surface area contributed by atoms with Gasteiger partial charge in [0, 0.05) is 18.6 Å². The molecule has 2 unspecified atom stereocenters. The molecule has 3 aromatic carbocycles. The minimum atomic E-state index is -2.06. The van der Waals surface area contributed by atoms with Crippen LogP contribution in [0.1, 0.15) is 56.0 Å². The molecule has 0 aliphatic heterocycles. The topological polar surface area (TPSA) is 65.7 Å². The van der Waals surface area contributed by atoms with Gasteiger partial charge in [0.2, 0.25) is 0 Å². The van der Waals surface area contributed by atoms with Crippen LogP contribution in [0.15, 0.2) is 91.5 Å². The molecule has 3 N–H and O–H groups in total. The van der Waals surface area contributed by atoms with Gasteiger partial charge in [-0.1, -0.05) is 81.4 Å². The predicted octanol–water partition coefficient (Wildman–Crippen LogP) is 7.72. The third-order valence-corrected chi connectivity index (χ3v) is 12.8. The van der Waals surface area contributed by atoms with E-state index in [1.165, 1.54) is 16.7 Å². The van der Waals surface area contributed by atoms with E-state index in [1.807, 2.05) is 42.5 Å². The van der Waals surface area contributed by atoms with Crippen LogP contribution in [-0.4, -0.2) is 33.6 Å². The van der Waals surface area contributed by atoms with Crippen LogP contribution in [0.25, 0.3) is 0 Å². The summed E-state index contributed by atoms with van der Waals surface area (Å²) in [4.78, 5) is 0. The zero-order valence-electron chi connectivity index (χ0n) is 24.7. The summed E-state index contributed by atoms with van der Waals surface area (Å²) in [5.74, 6) is 1.63. The van der Waals surface area contributed by atoms with Crippen LogP contribution in [0.4, 0.5) is 0 Å². The van der Waals surface area contributed by atoms with E-state index < -0.39 is 8.32 Å². The first-order chi connectivity index (χ1) is 19.1. The zero-order chi connectivity index (χ0) is 28.8. The van der Waals surface area contributed by atoms with E-state index in [9.17, 15) is 0 Å². The number of nitrogens with one attached hydrogen (secondary N) is 1. The summed E-state index contributed by atoms with van der Waals surface area (Å²) >= 11 is 0. The lowest BCUT2D eigenvalue weighted by molar-refractivity contribution is 0.0657. The number of fused-ring (bicyclic) bond motifs is 1. The second kappa shape index (κ2) is 13.3. The first kappa shape index (κ1) is 30.2. The first-order valence-electron chi connectivity index (χ1n) is 14.4. The molecule has 40 heavy (non-hydrogen) atoms. The van der Waals surface area contributed by atoms with Crippen molar-refractivity contribution in [2.75, 3.05) is 13.2 Å². The number of rotatable bonds is 13. The van der Waals surface area contributed by atoms with Gasteiger partial charge in [-0.25, -0.2) is 0 Å². The van der Waals surface area contributed by atoms with Gasteiger partial charge in [-0.05, 0) is 71.9 Å². The molecule has 1 aliphatic rings. The highest BCUT2D eigenvalue weighted by atomic mass is 28.4. The molecule has 4 atom stereocenters. The van der Waals surface area contributed by atoms with Crippen LogP contribution < -0.4 is 15.8 Å². The lowest BCUT2D eigenvalue weighted by Crippen LogP contribution is -2.54. The third-order valence-electron chi connectivity index (χ3n) is 8.27. The molecule has 0 fully saturated rings. The van der Waals surface area contributed by atoms with Crippen LogP contribution >= 0.6 is 0 Å². The minimum absolute atomic E-state index is 0.0220. The highest BCUT2D eigenvalue weighted by Crippen LogP contribution is 2.44. The fraction of sp³-hybridized carbons (Fsp3) is 0.412. The van der Waals surface area contributed by atoms with Gasteiger partial charge in [0.1, 0.15) is 11.5 Å². The van der Waals surface area contributed by atoms with Crippen molar-refractivity contribution in [2.24, 2.45) is 5.73 Å². The monoisotopic (exact) mass is 558 g/mol. The summed E-state index contributed by atoms with van der Waals surface area (Å²) < 4.78 is 19.4. The highest BCUT2D eigenvalue weighted by Gasteiger charge is 2.41. The van der Waals surface area contributed by atoms with Crippen molar-refractivity contribution in [3.05, 3.63) is 108 Å². The molecule has 0 aromatic heterocycles. The van der Waals surface area contributed by atoms with E-state index in [4.69, 9.17) is 19.6 Å². The Hall–Kier alpha value is -2.74. The van der Waals surface area contributed by atoms with Gasteiger partial charge in [0.05, 0.1) is 18.8 Å². The maximum Gasteiger partial charge on any atom is 0.192 e. The molecule has 0 spiro atoms. The summed E-state index contributed by atoms with van der Waals surface area (Å²) in [7, 11) is -2.06. The molecule has 5 nitrogen and oxygen atoms in total. The SMILES string of the molecule is C=CCOC1CC(N[C@@H](Cc2ccccc2)[C@@H](CN)O[Si](C)(C)C(C)(C)C)c2cc(Oc3ccccc3)ccc21. The van der Waals surface area contributed by atoms with Gasteiger partial charge in [0.25, 0.3) is 0 Å². The molecule has 0 heterocycles. The van der Waals surface area contributed by atoms with Gasteiger partial charge in [-0.15, -0.1) is 6.58 Å². The molecule has 1 aliphatic carbocycles. The highest BCUT2D eigenvalue weighted by molar-refractivity contribution is 6.74. The van der Waals surface area contributed by atoms with Crippen molar-refractivity contribution in [1.82, 2.24) is 5.32 Å². The average molecular weight is 559 g/mol. The van der Waals surface area contributed by atoms with E-state index >= 15 is 0 Å². The van der Waals surface area contributed by atoms with Crippen LogP contribution in [0.3, 0.4) is 0 Å². The van der Waals surface area contributed by atoms with Gasteiger partial charge in [-0.3, -0.25) is 0 Å². The van der Waals surface area contributed by atoms with Crippen LogP contribution in [-0.2, 0) is 15.6 Å². The molecular formula is C34H46N2O3Si. The number of ether oxygens (including phenoxy) is 2. The third kappa shape index (κ3) is 7.50. The van der Waals surface area contributed by atoms with Gasteiger partial charge in [-0.2, -0.15) is 0 Å². The van der Waals surface area contributed by atoms with Crippen molar-refractivity contribution in [2.45, 2.75) is 76.0 Å². The van der Waals surface area contributed by atoms with Crippen molar-refractivity contribution in [1.29, 1.82) is 0 Å². The lowest BCUT2D eigenvalue weighted by Gasteiger charge is -2.42. The smallest absolute Gasteiger partial charge is 0.192 e. The second-order valence-corrected chi connectivity index (χ2v) is 17.0. The van der Waals surface area contributed by atoms with Crippen molar-refractivity contribution in [3.8, 4) is 11.5 Å². The summed E-state index contributed by atoms with van der Waals surface area (Å²) in [6.45, 7) is 16.2. The normalized spacial score (nSPS) is 18.6. The Morgan fingerprint density at radius 1 is 0.975 bits per heavy atom. The Balaban J connectivity index is 1.65. The zero-order valence-corrected chi connectivity index (χ0v) is 25.7. The molecule has 4 rings (SSSR count). The summed E-state index contributed by atoms with van der Waals surface area (Å²) in [6.07, 6.45) is 3.30. The van der Waals surface area contributed by atoms with E-state index in [1.54, 1.807) is 0 Å². The van der Waals surface area contributed by atoms with Gasteiger partial charge >= 0.3 is 0 Å². The van der Waals surface area contributed by atoms with Crippen LogP contribution in [0.5, 0.6) is 11.5 Å². The predicted molar refractivity (Wildman–Crippen MR) is 167 cm³/mol. The van der Waals surface area contributed by atoms with Crippen molar-refractivity contribution in [3.63, 3.8) is 0 Å². The Kier molecular flexibility index (Phi) is 10.0. The van der Waals surface area contributed by atoms with Crippen molar-refractivity contribution < 1.29 is 13.9 Å². The number of hydrogen-bond acceptors (Lipinski definition) is 5. The first-order valence-corrected chi connectivity index (χ1v) is 17.3. The number of hydrogen-bond donors (Lipinski definition) is 2. The quantitative estimate of drug-likeness (QED) is 0.166.